The van der Waals surface area contributed by atoms with Crippen molar-refractivity contribution in [3.8, 4) is 0 Å². The van der Waals surface area contributed by atoms with E-state index in [4.69, 9.17) is 4.52 Å². The van der Waals surface area contributed by atoms with Gasteiger partial charge in [0.1, 0.15) is 11.5 Å². The second-order valence-corrected chi connectivity index (χ2v) is 9.71. The smallest absolute Gasteiger partial charge is 0.168 e. The lowest BCUT2D eigenvalue weighted by atomic mass is 9.73. The first-order valence-electron chi connectivity index (χ1n) is 11.4. The molecule has 1 fully saturated rings. The molecule has 1 unspecified atom stereocenters. The van der Waals surface area contributed by atoms with Crippen LogP contribution in [0.15, 0.2) is 63.8 Å². The van der Waals surface area contributed by atoms with Gasteiger partial charge in [-0.1, -0.05) is 55.4 Å². The van der Waals surface area contributed by atoms with Crippen molar-refractivity contribution in [2.75, 3.05) is 6.54 Å². The molecular formula is C27H30N2O4. The Morgan fingerprint density at radius 3 is 2.70 bits per heavy atom. The van der Waals surface area contributed by atoms with Crippen LogP contribution < -0.4 is 0 Å². The minimum Gasteiger partial charge on any atom is -0.511 e. The van der Waals surface area contributed by atoms with Gasteiger partial charge in [0.15, 0.2) is 11.6 Å². The molecule has 172 valence electrons. The zero-order valence-electron chi connectivity index (χ0n) is 19.3. The maximum absolute atomic E-state index is 12.9. The molecule has 0 saturated heterocycles. The van der Waals surface area contributed by atoms with Gasteiger partial charge in [0.2, 0.25) is 0 Å². The fourth-order valence-electron chi connectivity index (χ4n) is 4.86. The lowest BCUT2D eigenvalue weighted by molar-refractivity contribution is -0.117. The first-order valence-corrected chi connectivity index (χ1v) is 11.4. The molecule has 1 saturated carbocycles. The number of aryl methyl sites for hydroxylation is 1. The van der Waals surface area contributed by atoms with Gasteiger partial charge < -0.3 is 9.63 Å². The summed E-state index contributed by atoms with van der Waals surface area (Å²) < 4.78 is 5.54. The van der Waals surface area contributed by atoms with Gasteiger partial charge in [0.25, 0.3) is 0 Å². The molecule has 33 heavy (non-hydrogen) atoms. The van der Waals surface area contributed by atoms with E-state index in [0.717, 1.165) is 5.56 Å². The fourth-order valence-corrected chi connectivity index (χ4v) is 4.86. The van der Waals surface area contributed by atoms with Crippen molar-refractivity contribution < 1.29 is 19.2 Å². The summed E-state index contributed by atoms with van der Waals surface area (Å²) in [7, 11) is 0. The van der Waals surface area contributed by atoms with Gasteiger partial charge in [-0.2, -0.15) is 0 Å². The van der Waals surface area contributed by atoms with E-state index >= 15 is 0 Å². The van der Waals surface area contributed by atoms with E-state index in [1.165, 1.54) is 0 Å². The summed E-state index contributed by atoms with van der Waals surface area (Å²) in [5, 5.41) is 15.0. The van der Waals surface area contributed by atoms with Crippen molar-refractivity contribution >= 4 is 17.3 Å². The topological polar surface area (TPSA) is 92.8 Å². The number of benzene rings is 1. The van der Waals surface area contributed by atoms with Gasteiger partial charge in [-0.15, -0.1) is 6.58 Å². The number of ketones is 2. The van der Waals surface area contributed by atoms with Crippen LogP contribution in [0.25, 0.3) is 0 Å². The summed E-state index contributed by atoms with van der Waals surface area (Å²) in [6, 6.07) is 9.95. The highest BCUT2D eigenvalue weighted by Gasteiger charge is 2.36. The molecular weight excluding hydrogens is 416 g/mol. The molecule has 2 aliphatic rings. The number of carbonyl (C=O) groups excluding carboxylic acids is 2. The van der Waals surface area contributed by atoms with Gasteiger partial charge in [-0.3, -0.25) is 14.6 Å². The van der Waals surface area contributed by atoms with Crippen LogP contribution >= 0.6 is 0 Å². The molecule has 1 heterocycles. The summed E-state index contributed by atoms with van der Waals surface area (Å²) in [5.74, 6) is 0.591. The minimum atomic E-state index is -0.201. The average Bonchev–Trinajstić information content (AvgIpc) is 3.19. The Morgan fingerprint density at radius 2 is 1.97 bits per heavy atom. The highest BCUT2D eigenvalue weighted by Crippen LogP contribution is 2.37. The number of rotatable bonds is 6. The van der Waals surface area contributed by atoms with Crippen molar-refractivity contribution in [2.45, 2.75) is 58.3 Å². The summed E-state index contributed by atoms with van der Waals surface area (Å²) in [6.07, 6.45) is 4.19. The first-order chi connectivity index (χ1) is 15.8. The standard InChI is InChI=1S/C27H30N2O4/c1-4-12-28-20-15-27(2,3)16-23(32)25(20)21(30)11-10-19-26-22(31)13-18(14-24(26)33-29-19)17-8-6-5-7-9-17/h4-9,18,30H,1,10-16H2,2-3H3. The Morgan fingerprint density at radius 1 is 1.21 bits per heavy atom. The lowest BCUT2D eigenvalue weighted by Crippen LogP contribution is -2.33. The summed E-state index contributed by atoms with van der Waals surface area (Å²) in [4.78, 5) is 30.2. The Bertz CT molecular complexity index is 1140. The predicted molar refractivity (Wildman–Crippen MR) is 127 cm³/mol. The largest absolute Gasteiger partial charge is 0.511 e. The second kappa shape index (κ2) is 9.30. The van der Waals surface area contributed by atoms with Crippen LogP contribution in [-0.2, 0) is 17.6 Å². The van der Waals surface area contributed by atoms with E-state index in [0.29, 0.717) is 67.0 Å². The molecule has 1 aromatic carbocycles. The number of carbonyl (C=O) groups is 2. The number of aliphatic hydroxyl groups excluding tert-OH is 1. The van der Waals surface area contributed by atoms with Gasteiger partial charge in [-0.05, 0) is 23.3 Å². The molecule has 1 N–H and O–H groups in total. The van der Waals surface area contributed by atoms with Crippen molar-refractivity contribution in [3.05, 3.63) is 76.9 Å². The van der Waals surface area contributed by atoms with Crippen LogP contribution in [0.3, 0.4) is 0 Å². The number of fused-ring (bicyclic) bond motifs is 1. The summed E-state index contributed by atoms with van der Waals surface area (Å²) in [5.41, 5.74) is 2.93. The van der Waals surface area contributed by atoms with Crippen LogP contribution in [0.5, 0.6) is 0 Å². The normalized spacial score (nSPS) is 22.8. The molecule has 2 aromatic rings. The zero-order valence-corrected chi connectivity index (χ0v) is 19.3. The van der Waals surface area contributed by atoms with Crippen molar-refractivity contribution in [2.24, 2.45) is 10.4 Å². The van der Waals surface area contributed by atoms with Crippen LogP contribution in [0, 0.1) is 5.41 Å². The molecule has 2 aliphatic carbocycles. The van der Waals surface area contributed by atoms with Crippen molar-refractivity contribution in [3.63, 3.8) is 0 Å². The number of hydrogen-bond acceptors (Lipinski definition) is 6. The summed E-state index contributed by atoms with van der Waals surface area (Å²) in [6.45, 7) is 8.14. The Hall–Kier alpha value is -3.28. The highest BCUT2D eigenvalue weighted by atomic mass is 16.5. The third-order valence-electron chi connectivity index (χ3n) is 6.40. The highest BCUT2D eigenvalue weighted by molar-refractivity contribution is 6.24. The Balaban J connectivity index is 1.54. The minimum absolute atomic E-state index is 0.000447. The van der Waals surface area contributed by atoms with Crippen LogP contribution in [0.2, 0.25) is 0 Å². The molecule has 0 bridgehead atoms. The number of allylic oxidation sites excluding steroid dienone is 2. The van der Waals surface area contributed by atoms with Gasteiger partial charge in [-0.25, -0.2) is 0 Å². The Labute approximate surface area is 194 Å². The molecule has 0 radical (unpaired) electrons. The number of aliphatic hydroxyl groups is 1. The number of aromatic nitrogens is 1. The monoisotopic (exact) mass is 446 g/mol. The van der Waals surface area contributed by atoms with Gasteiger partial charge >= 0.3 is 0 Å². The van der Waals surface area contributed by atoms with Crippen molar-refractivity contribution in [1.29, 1.82) is 0 Å². The van der Waals surface area contributed by atoms with Gasteiger partial charge in [0.05, 0.1) is 23.4 Å². The molecule has 1 aromatic heterocycles. The number of hydrogen-bond donors (Lipinski definition) is 1. The average molecular weight is 447 g/mol. The molecule has 6 nitrogen and oxygen atoms in total. The number of nitrogens with zero attached hydrogens (tertiary/aromatic N) is 2. The molecule has 6 heteroatoms. The Kier molecular flexibility index (Phi) is 6.45. The molecule has 4 rings (SSSR count). The van der Waals surface area contributed by atoms with Crippen LogP contribution in [0.1, 0.15) is 72.8 Å². The molecule has 0 spiro atoms. The van der Waals surface area contributed by atoms with Crippen LogP contribution in [-0.4, -0.2) is 34.1 Å². The van der Waals surface area contributed by atoms with Crippen LogP contribution in [0.4, 0.5) is 0 Å². The maximum Gasteiger partial charge on any atom is 0.168 e. The van der Waals surface area contributed by atoms with E-state index in [1.54, 1.807) is 6.08 Å². The molecule has 0 aliphatic heterocycles. The van der Waals surface area contributed by atoms with E-state index in [-0.39, 0.29) is 35.1 Å². The molecule has 1 atom stereocenters. The zero-order chi connectivity index (χ0) is 23.6. The van der Waals surface area contributed by atoms with E-state index < -0.39 is 0 Å². The SMILES string of the molecule is C=CCN=C1CC(C)(C)CC(=O)C1=C(O)CCc1noc2c1C(=O)CC(c1ccccc1)C2. The summed E-state index contributed by atoms with van der Waals surface area (Å²) >= 11 is 0. The number of Topliss-reactive ketones (excluding diaryl/α,β-unsaturated/α-hetero) is 2. The van der Waals surface area contributed by atoms with E-state index in [1.807, 2.05) is 44.2 Å². The predicted octanol–water partition coefficient (Wildman–Crippen LogP) is 5.35. The fraction of sp³-hybridized carbons (Fsp3) is 0.407. The lowest BCUT2D eigenvalue weighted by Gasteiger charge is -2.31. The van der Waals surface area contributed by atoms with E-state index in [9.17, 15) is 14.7 Å². The number of aliphatic imine (C=N–C) groups is 1. The third-order valence-corrected chi connectivity index (χ3v) is 6.40. The van der Waals surface area contributed by atoms with Gasteiger partial charge in [0, 0.05) is 37.8 Å². The maximum atomic E-state index is 12.9. The third kappa shape index (κ3) is 4.90. The quantitative estimate of drug-likeness (QED) is 0.367. The van der Waals surface area contributed by atoms with Crippen molar-refractivity contribution in [1.82, 2.24) is 5.16 Å². The molecule has 0 amide bonds. The first kappa shape index (κ1) is 22.9. The van der Waals surface area contributed by atoms with E-state index in [2.05, 4.69) is 16.7 Å². The second-order valence-electron chi connectivity index (χ2n) is 9.71.